The summed E-state index contributed by atoms with van der Waals surface area (Å²) in [4.78, 5) is 0. The molecule has 0 aromatic heterocycles. The van der Waals surface area contributed by atoms with E-state index >= 15 is 0 Å². The minimum atomic E-state index is -5.44. The Morgan fingerprint density at radius 2 is 0.808 bits per heavy atom. The minimum Gasteiger partial charge on any atom is -0.447 e. The number of halogens is 6. The van der Waals surface area contributed by atoms with Gasteiger partial charge in [0, 0.05) is 0 Å². The Labute approximate surface area is 145 Å². The Bertz CT molecular complexity index is 736. The largest absolute Gasteiger partial charge is 0.447 e. The molecule has 0 N–H and O–H groups in total. The molecular formula is C18H14F6O2. The number of hydrogen-bond acceptors (Lipinski definition) is 2. The van der Waals surface area contributed by atoms with Gasteiger partial charge in [0.25, 0.3) is 0 Å². The van der Waals surface area contributed by atoms with Crippen LogP contribution in [0.25, 0.3) is 0 Å². The standard InChI is InChI=1S/C18H14F6O2/c1-11-3-7-13(8-4-11)25-17(23)15(19,20)16(21,22)18(17,24)26-14-9-5-12(2)6-10-14/h3-10H,1-2H3. The van der Waals surface area contributed by atoms with Crippen LogP contribution < -0.4 is 9.47 Å². The summed E-state index contributed by atoms with van der Waals surface area (Å²) in [7, 11) is 0. The molecule has 0 bridgehead atoms. The fraction of sp³-hybridized carbons (Fsp3) is 0.333. The summed E-state index contributed by atoms with van der Waals surface area (Å²) < 4.78 is 93.7. The highest BCUT2D eigenvalue weighted by Crippen LogP contribution is 2.68. The van der Waals surface area contributed by atoms with Crippen molar-refractivity contribution >= 4 is 0 Å². The molecule has 1 aliphatic carbocycles. The van der Waals surface area contributed by atoms with Crippen LogP contribution in [-0.2, 0) is 0 Å². The van der Waals surface area contributed by atoms with Crippen LogP contribution >= 0.6 is 0 Å². The summed E-state index contributed by atoms with van der Waals surface area (Å²) in [5, 5.41) is 0. The topological polar surface area (TPSA) is 18.5 Å². The summed E-state index contributed by atoms with van der Waals surface area (Å²) in [5.41, 5.74) is 1.36. The van der Waals surface area contributed by atoms with Crippen LogP contribution in [0, 0.1) is 13.8 Å². The van der Waals surface area contributed by atoms with Gasteiger partial charge in [-0.2, -0.15) is 26.3 Å². The Balaban J connectivity index is 1.99. The van der Waals surface area contributed by atoms with E-state index in [1.165, 1.54) is 24.3 Å². The average molecular weight is 376 g/mol. The van der Waals surface area contributed by atoms with Gasteiger partial charge in [-0.15, -0.1) is 0 Å². The second kappa shape index (κ2) is 5.56. The lowest BCUT2D eigenvalue weighted by atomic mass is 9.76. The SMILES string of the molecule is Cc1ccc(OC2(F)C(F)(F)C(F)(F)C2(F)Oc2ccc(C)cc2)cc1. The quantitative estimate of drug-likeness (QED) is 0.668. The number of ether oxygens (including phenoxy) is 2. The molecule has 0 saturated heterocycles. The van der Waals surface area contributed by atoms with Crippen molar-refractivity contribution in [3.05, 3.63) is 59.7 Å². The molecule has 140 valence electrons. The van der Waals surface area contributed by atoms with Crippen molar-refractivity contribution in [1.29, 1.82) is 0 Å². The molecule has 0 amide bonds. The van der Waals surface area contributed by atoms with Gasteiger partial charge in [-0.05, 0) is 38.1 Å². The molecule has 1 saturated carbocycles. The molecule has 2 unspecified atom stereocenters. The second-order valence-electron chi connectivity index (χ2n) is 6.17. The van der Waals surface area contributed by atoms with Crippen LogP contribution in [-0.4, -0.2) is 23.6 Å². The lowest BCUT2D eigenvalue weighted by Crippen LogP contribution is -2.89. The van der Waals surface area contributed by atoms with Gasteiger partial charge >= 0.3 is 23.6 Å². The predicted molar refractivity (Wildman–Crippen MR) is 81.2 cm³/mol. The maximum Gasteiger partial charge on any atom is 0.395 e. The fourth-order valence-corrected chi connectivity index (χ4v) is 2.54. The van der Waals surface area contributed by atoms with Crippen molar-refractivity contribution in [3.63, 3.8) is 0 Å². The van der Waals surface area contributed by atoms with Crippen LogP contribution in [0.4, 0.5) is 26.3 Å². The summed E-state index contributed by atoms with van der Waals surface area (Å²) in [5.74, 6) is -21.4. The van der Waals surface area contributed by atoms with Crippen molar-refractivity contribution in [3.8, 4) is 11.5 Å². The third kappa shape index (κ3) is 2.27. The van der Waals surface area contributed by atoms with E-state index in [9.17, 15) is 26.3 Å². The van der Waals surface area contributed by atoms with Crippen LogP contribution in [0.15, 0.2) is 48.5 Å². The Kier molecular flexibility index (Phi) is 3.94. The third-order valence-corrected chi connectivity index (χ3v) is 4.17. The Morgan fingerprint density at radius 1 is 0.538 bits per heavy atom. The van der Waals surface area contributed by atoms with Crippen LogP contribution in [0.3, 0.4) is 0 Å². The number of rotatable bonds is 4. The first kappa shape index (κ1) is 18.4. The van der Waals surface area contributed by atoms with Crippen LogP contribution in [0.2, 0.25) is 0 Å². The van der Waals surface area contributed by atoms with Gasteiger partial charge in [0.2, 0.25) is 0 Å². The molecule has 2 atom stereocenters. The number of benzene rings is 2. The minimum absolute atomic E-state index is 0.539. The molecule has 0 spiro atoms. The van der Waals surface area contributed by atoms with E-state index in [-0.39, 0.29) is 0 Å². The molecule has 0 radical (unpaired) electrons. The van der Waals surface area contributed by atoms with E-state index in [0.29, 0.717) is 11.1 Å². The molecular weight excluding hydrogens is 362 g/mol. The maximum atomic E-state index is 14.8. The van der Waals surface area contributed by atoms with E-state index < -0.39 is 35.1 Å². The molecule has 26 heavy (non-hydrogen) atoms. The zero-order valence-corrected chi connectivity index (χ0v) is 13.7. The van der Waals surface area contributed by atoms with E-state index in [4.69, 9.17) is 0 Å². The maximum absolute atomic E-state index is 14.8. The zero-order valence-electron chi connectivity index (χ0n) is 13.7. The highest BCUT2D eigenvalue weighted by atomic mass is 19.3. The predicted octanol–water partition coefficient (Wildman–Crippen LogP) is 5.38. The third-order valence-electron chi connectivity index (χ3n) is 4.17. The Hall–Kier alpha value is -2.38. The van der Waals surface area contributed by atoms with Gasteiger partial charge in [0.05, 0.1) is 0 Å². The second-order valence-corrected chi connectivity index (χ2v) is 6.17. The highest BCUT2D eigenvalue weighted by Gasteiger charge is 3.03. The van der Waals surface area contributed by atoms with E-state index in [2.05, 4.69) is 9.47 Å². The lowest BCUT2D eigenvalue weighted by molar-refractivity contribution is -0.527. The number of aryl methyl sites for hydroxylation is 2. The molecule has 1 fully saturated rings. The van der Waals surface area contributed by atoms with Crippen molar-refractivity contribution in [2.45, 2.75) is 37.4 Å². The monoisotopic (exact) mass is 376 g/mol. The van der Waals surface area contributed by atoms with E-state index in [1.807, 2.05) is 0 Å². The molecule has 0 aliphatic heterocycles. The number of alkyl halides is 6. The molecule has 1 aliphatic rings. The van der Waals surface area contributed by atoms with Crippen molar-refractivity contribution in [2.75, 3.05) is 0 Å². The molecule has 3 rings (SSSR count). The molecule has 2 nitrogen and oxygen atoms in total. The normalized spacial score (nSPS) is 28.9. The summed E-state index contributed by atoms with van der Waals surface area (Å²) in [6.07, 6.45) is 0. The highest BCUT2D eigenvalue weighted by molar-refractivity contribution is 5.35. The molecule has 2 aromatic carbocycles. The smallest absolute Gasteiger partial charge is 0.395 e. The molecule has 8 heteroatoms. The fourth-order valence-electron chi connectivity index (χ4n) is 2.54. The van der Waals surface area contributed by atoms with Gasteiger partial charge in [0.15, 0.2) is 0 Å². The van der Waals surface area contributed by atoms with Gasteiger partial charge in [-0.25, -0.2) is 0 Å². The van der Waals surface area contributed by atoms with E-state index in [0.717, 1.165) is 24.3 Å². The van der Waals surface area contributed by atoms with Gasteiger partial charge in [-0.3, -0.25) is 0 Å². The summed E-state index contributed by atoms with van der Waals surface area (Å²) in [6, 6.07) is 9.74. The molecule has 0 heterocycles. The average Bonchev–Trinajstić information content (AvgIpc) is 2.58. The van der Waals surface area contributed by atoms with Gasteiger partial charge < -0.3 is 9.47 Å². The van der Waals surface area contributed by atoms with Gasteiger partial charge in [0.1, 0.15) is 11.5 Å². The lowest BCUT2D eigenvalue weighted by Gasteiger charge is -2.55. The van der Waals surface area contributed by atoms with Crippen LogP contribution in [0.1, 0.15) is 11.1 Å². The summed E-state index contributed by atoms with van der Waals surface area (Å²) in [6.45, 7) is 3.31. The number of hydrogen-bond donors (Lipinski definition) is 0. The van der Waals surface area contributed by atoms with E-state index in [1.54, 1.807) is 13.8 Å². The first-order chi connectivity index (χ1) is 11.9. The zero-order chi connectivity index (χ0) is 19.4. The van der Waals surface area contributed by atoms with Crippen molar-refractivity contribution in [1.82, 2.24) is 0 Å². The van der Waals surface area contributed by atoms with Gasteiger partial charge in [-0.1, -0.05) is 35.4 Å². The van der Waals surface area contributed by atoms with Crippen LogP contribution in [0.5, 0.6) is 11.5 Å². The first-order valence-corrected chi connectivity index (χ1v) is 7.59. The summed E-state index contributed by atoms with van der Waals surface area (Å²) >= 11 is 0. The first-order valence-electron chi connectivity index (χ1n) is 7.59. The van der Waals surface area contributed by atoms with Crippen molar-refractivity contribution in [2.24, 2.45) is 0 Å². The Morgan fingerprint density at radius 3 is 1.08 bits per heavy atom. The van der Waals surface area contributed by atoms with Crippen molar-refractivity contribution < 1.29 is 35.8 Å². The molecule has 2 aromatic rings.